The summed E-state index contributed by atoms with van der Waals surface area (Å²) in [4.78, 5) is 18.4. The molecule has 2 aromatic carbocycles. The number of hydrogen-bond acceptors (Lipinski definition) is 4. The van der Waals surface area contributed by atoms with Gasteiger partial charge in [-0.1, -0.05) is 47.9 Å². The van der Waals surface area contributed by atoms with E-state index in [-0.39, 0.29) is 23.3 Å². The summed E-state index contributed by atoms with van der Waals surface area (Å²) in [6.07, 6.45) is 1.22. The molecule has 0 aliphatic carbocycles. The highest BCUT2D eigenvalue weighted by Crippen LogP contribution is 2.33. The van der Waals surface area contributed by atoms with Crippen LogP contribution in [0, 0.1) is 5.82 Å². The summed E-state index contributed by atoms with van der Waals surface area (Å²) in [5.74, 6) is 0.114. The monoisotopic (exact) mass is 385 g/mol. The van der Waals surface area contributed by atoms with Crippen LogP contribution in [0.5, 0.6) is 0 Å². The van der Waals surface area contributed by atoms with Crippen LogP contribution in [0.3, 0.4) is 0 Å². The van der Waals surface area contributed by atoms with E-state index in [9.17, 15) is 9.18 Å². The van der Waals surface area contributed by atoms with Gasteiger partial charge in [-0.2, -0.15) is 4.98 Å². The van der Waals surface area contributed by atoms with Gasteiger partial charge in [0.15, 0.2) is 0 Å². The van der Waals surface area contributed by atoms with Crippen molar-refractivity contribution in [3.8, 4) is 11.4 Å². The average Bonchev–Trinajstić information content (AvgIpc) is 3.31. The van der Waals surface area contributed by atoms with E-state index in [2.05, 4.69) is 17.1 Å². The molecule has 1 fully saturated rings. The van der Waals surface area contributed by atoms with Gasteiger partial charge in [0.25, 0.3) is 0 Å². The van der Waals surface area contributed by atoms with Crippen molar-refractivity contribution >= 4 is 23.2 Å². The van der Waals surface area contributed by atoms with E-state index in [1.54, 1.807) is 4.90 Å². The number of aryl methyl sites for hydroxylation is 1. The number of anilines is 1. The quantitative estimate of drug-likeness (QED) is 0.658. The third kappa shape index (κ3) is 3.45. The van der Waals surface area contributed by atoms with Crippen LogP contribution >= 0.6 is 11.6 Å². The Morgan fingerprint density at radius 1 is 1.26 bits per heavy atom. The van der Waals surface area contributed by atoms with Crippen LogP contribution in [0.1, 0.15) is 30.7 Å². The predicted octanol–water partition coefficient (Wildman–Crippen LogP) is 4.61. The predicted molar refractivity (Wildman–Crippen MR) is 100 cm³/mol. The van der Waals surface area contributed by atoms with Crippen molar-refractivity contribution in [2.45, 2.75) is 25.7 Å². The number of rotatable bonds is 4. The highest BCUT2D eigenvalue weighted by Gasteiger charge is 2.35. The summed E-state index contributed by atoms with van der Waals surface area (Å²) in [6.45, 7) is 2.48. The van der Waals surface area contributed by atoms with E-state index in [1.165, 1.54) is 23.8 Å². The zero-order chi connectivity index (χ0) is 19.0. The van der Waals surface area contributed by atoms with Gasteiger partial charge in [-0.25, -0.2) is 4.39 Å². The molecule has 0 N–H and O–H groups in total. The number of benzene rings is 2. The fourth-order valence-corrected chi connectivity index (χ4v) is 3.36. The average molecular weight is 386 g/mol. The Labute approximate surface area is 160 Å². The zero-order valence-electron chi connectivity index (χ0n) is 14.7. The van der Waals surface area contributed by atoms with Gasteiger partial charge in [0.1, 0.15) is 5.82 Å². The molecule has 3 aromatic rings. The summed E-state index contributed by atoms with van der Waals surface area (Å²) in [7, 11) is 0. The first-order valence-electron chi connectivity index (χ1n) is 8.73. The van der Waals surface area contributed by atoms with Crippen molar-refractivity contribution in [1.82, 2.24) is 10.1 Å². The SMILES string of the molecule is CCc1ccc(-c2noc(C3CC(=O)N(c4ccc(F)c(Cl)c4)C3)n2)cc1. The molecule has 5 nitrogen and oxygen atoms in total. The lowest BCUT2D eigenvalue weighted by Gasteiger charge is -2.16. The summed E-state index contributed by atoms with van der Waals surface area (Å²) in [5.41, 5.74) is 2.66. The zero-order valence-corrected chi connectivity index (χ0v) is 15.4. The Bertz CT molecular complexity index is 987. The van der Waals surface area contributed by atoms with Crippen LogP contribution in [-0.2, 0) is 11.2 Å². The Balaban J connectivity index is 1.53. The number of nitrogens with zero attached hydrogens (tertiary/aromatic N) is 3. The minimum absolute atomic E-state index is 0.0145. The largest absolute Gasteiger partial charge is 0.339 e. The van der Waals surface area contributed by atoms with Gasteiger partial charge >= 0.3 is 0 Å². The molecule has 1 aromatic heterocycles. The van der Waals surface area contributed by atoms with E-state index in [0.717, 1.165) is 12.0 Å². The number of carbonyl (C=O) groups is 1. The van der Waals surface area contributed by atoms with Gasteiger partial charge < -0.3 is 9.42 Å². The van der Waals surface area contributed by atoms with Gasteiger partial charge in [-0.05, 0) is 30.2 Å². The van der Waals surface area contributed by atoms with Crippen LogP contribution in [0.15, 0.2) is 47.0 Å². The first-order chi connectivity index (χ1) is 13.0. The van der Waals surface area contributed by atoms with Crippen molar-refractivity contribution in [3.63, 3.8) is 0 Å². The molecule has 0 spiro atoms. The Morgan fingerprint density at radius 2 is 2.04 bits per heavy atom. The van der Waals surface area contributed by atoms with E-state index in [4.69, 9.17) is 16.1 Å². The van der Waals surface area contributed by atoms with Gasteiger partial charge in [-0.3, -0.25) is 4.79 Å². The lowest BCUT2D eigenvalue weighted by molar-refractivity contribution is -0.117. The summed E-state index contributed by atoms with van der Waals surface area (Å²) in [5, 5.41) is 4.03. The maximum atomic E-state index is 13.4. The Hall–Kier alpha value is -2.73. The highest BCUT2D eigenvalue weighted by atomic mass is 35.5. The lowest BCUT2D eigenvalue weighted by Crippen LogP contribution is -2.24. The Morgan fingerprint density at radius 3 is 2.74 bits per heavy atom. The van der Waals surface area contributed by atoms with Crippen molar-refractivity contribution in [1.29, 1.82) is 0 Å². The minimum atomic E-state index is -0.515. The molecule has 2 heterocycles. The molecule has 27 heavy (non-hydrogen) atoms. The lowest BCUT2D eigenvalue weighted by atomic mass is 10.1. The van der Waals surface area contributed by atoms with E-state index < -0.39 is 5.82 Å². The molecule has 1 saturated heterocycles. The molecule has 1 aliphatic heterocycles. The van der Waals surface area contributed by atoms with Crippen LogP contribution in [-0.4, -0.2) is 22.6 Å². The number of carbonyl (C=O) groups excluding carboxylic acids is 1. The van der Waals surface area contributed by atoms with Gasteiger partial charge in [0, 0.05) is 24.2 Å². The van der Waals surface area contributed by atoms with Crippen LogP contribution in [0.4, 0.5) is 10.1 Å². The minimum Gasteiger partial charge on any atom is -0.339 e. The molecule has 0 bridgehead atoms. The van der Waals surface area contributed by atoms with Gasteiger partial charge in [-0.15, -0.1) is 0 Å². The molecular weight excluding hydrogens is 369 g/mol. The van der Waals surface area contributed by atoms with Crippen LogP contribution in [0.25, 0.3) is 11.4 Å². The molecule has 7 heteroatoms. The third-order valence-corrected chi connectivity index (χ3v) is 5.04. The second kappa shape index (κ2) is 7.12. The van der Waals surface area contributed by atoms with Crippen molar-refractivity contribution in [2.24, 2.45) is 0 Å². The van der Waals surface area contributed by atoms with Crippen LogP contribution < -0.4 is 4.90 Å². The molecule has 0 saturated carbocycles. The maximum absolute atomic E-state index is 13.4. The molecule has 4 rings (SSSR count). The fraction of sp³-hybridized carbons (Fsp3) is 0.250. The fourth-order valence-electron chi connectivity index (χ4n) is 3.18. The van der Waals surface area contributed by atoms with Crippen molar-refractivity contribution in [2.75, 3.05) is 11.4 Å². The molecule has 138 valence electrons. The number of aromatic nitrogens is 2. The smallest absolute Gasteiger partial charge is 0.232 e. The first kappa shape index (κ1) is 17.7. The van der Waals surface area contributed by atoms with E-state index in [0.29, 0.717) is 23.9 Å². The van der Waals surface area contributed by atoms with Gasteiger partial charge in [0.2, 0.25) is 17.6 Å². The molecule has 1 unspecified atom stereocenters. The second-order valence-corrected chi connectivity index (χ2v) is 6.92. The number of hydrogen-bond donors (Lipinski definition) is 0. The molecule has 0 radical (unpaired) electrons. The Kier molecular flexibility index (Phi) is 4.66. The molecule has 1 atom stereocenters. The summed E-state index contributed by atoms with van der Waals surface area (Å²) < 4.78 is 18.8. The third-order valence-electron chi connectivity index (χ3n) is 4.75. The summed E-state index contributed by atoms with van der Waals surface area (Å²) >= 11 is 5.83. The molecular formula is C20H17ClFN3O2. The molecule has 1 aliphatic rings. The number of halogens is 2. The maximum Gasteiger partial charge on any atom is 0.232 e. The topological polar surface area (TPSA) is 59.2 Å². The highest BCUT2D eigenvalue weighted by molar-refractivity contribution is 6.31. The van der Waals surface area contributed by atoms with Crippen molar-refractivity contribution < 1.29 is 13.7 Å². The van der Waals surface area contributed by atoms with E-state index in [1.807, 2.05) is 24.3 Å². The normalized spacial score (nSPS) is 16.9. The van der Waals surface area contributed by atoms with Crippen LogP contribution in [0.2, 0.25) is 5.02 Å². The van der Waals surface area contributed by atoms with E-state index >= 15 is 0 Å². The first-order valence-corrected chi connectivity index (χ1v) is 9.11. The standard InChI is InChI=1S/C20H17ClFN3O2/c1-2-12-3-5-13(6-4-12)19-23-20(27-24-19)14-9-18(26)25(11-14)15-7-8-17(22)16(21)10-15/h3-8,10,14H,2,9,11H2,1H3. The number of amides is 1. The summed E-state index contributed by atoms with van der Waals surface area (Å²) in [6, 6.07) is 12.2. The molecule has 1 amide bonds. The van der Waals surface area contributed by atoms with Crippen molar-refractivity contribution in [3.05, 3.63) is 64.8 Å². The van der Waals surface area contributed by atoms with Gasteiger partial charge in [0.05, 0.1) is 10.9 Å². The second-order valence-electron chi connectivity index (χ2n) is 6.51.